The summed E-state index contributed by atoms with van der Waals surface area (Å²) in [6.07, 6.45) is 0. The molecule has 3 heteroatoms. The van der Waals surface area contributed by atoms with Gasteiger partial charge in [-0.25, -0.2) is 0 Å². The molecule has 0 aliphatic rings. The molecule has 15 heavy (non-hydrogen) atoms. The van der Waals surface area contributed by atoms with E-state index in [1.54, 1.807) is 0 Å². The van der Waals surface area contributed by atoms with Gasteiger partial charge in [0.1, 0.15) is 11.5 Å². The molecule has 2 aromatic rings. The van der Waals surface area contributed by atoms with E-state index < -0.39 is 0 Å². The van der Waals surface area contributed by atoms with Crippen molar-refractivity contribution in [3.8, 4) is 11.5 Å². The van der Waals surface area contributed by atoms with Crippen molar-refractivity contribution in [3.05, 3.63) is 52.1 Å². The van der Waals surface area contributed by atoms with Gasteiger partial charge in [0.05, 0.1) is 5.69 Å². The average molecular weight is 311 g/mol. The number of ether oxygens (including phenoxy) is 1. The van der Waals surface area contributed by atoms with Gasteiger partial charge < -0.3 is 10.5 Å². The molecule has 0 bridgehead atoms. The van der Waals surface area contributed by atoms with Gasteiger partial charge in [0.15, 0.2) is 0 Å². The number of anilines is 1. The van der Waals surface area contributed by atoms with Crippen LogP contribution in [0.3, 0.4) is 0 Å². The topological polar surface area (TPSA) is 35.2 Å². The number of halogens is 1. The Hall–Kier alpha value is -1.23. The van der Waals surface area contributed by atoms with Crippen molar-refractivity contribution < 1.29 is 4.74 Å². The van der Waals surface area contributed by atoms with Crippen LogP contribution in [0.15, 0.2) is 48.5 Å². The number of nitrogen functional groups attached to an aromatic ring is 1. The SMILES string of the molecule is Nc1ccccc1Oc1ccc(I)cc1. The van der Waals surface area contributed by atoms with E-state index in [0.29, 0.717) is 11.4 Å². The van der Waals surface area contributed by atoms with E-state index in [4.69, 9.17) is 10.5 Å². The zero-order chi connectivity index (χ0) is 10.7. The molecule has 0 atom stereocenters. The zero-order valence-corrected chi connectivity index (χ0v) is 10.1. The van der Waals surface area contributed by atoms with Gasteiger partial charge in [-0.1, -0.05) is 12.1 Å². The first-order chi connectivity index (χ1) is 7.25. The number of hydrogen-bond acceptors (Lipinski definition) is 2. The van der Waals surface area contributed by atoms with Crippen molar-refractivity contribution >= 4 is 28.3 Å². The molecule has 0 aliphatic heterocycles. The van der Waals surface area contributed by atoms with Crippen LogP contribution in [-0.4, -0.2) is 0 Å². The fourth-order valence-corrected chi connectivity index (χ4v) is 1.56. The molecule has 0 unspecified atom stereocenters. The minimum absolute atomic E-state index is 0.649. The second kappa shape index (κ2) is 4.53. The summed E-state index contributed by atoms with van der Waals surface area (Å²) in [6.45, 7) is 0. The van der Waals surface area contributed by atoms with Crippen LogP contribution < -0.4 is 10.5 Å². The van der Waals surface area contributed by atoms with Crippen LogP contribution in [0.25, 0.3) is 0 Å². The molecule has 0 saturated heterocycles. The highest BCUT2D eigenvalue weighted by Crippen LogP contribution is 2.26. The quantitative estimate of drug-likeness (QED) is 0.678. The lowest BCUT2D eigenvalue weighted by Crippen LogP contribution is -1.91. The van der Waals surface area contributed by atoms with Gasteiger partial charge in [-0.15, -0.1) is 0 Å². The number of nitrogens with two attached hydrogens (primary N) is 1. The van der Waals surface area contributed by atoms with E-state index in [-0.39, 0.29) is 0 Å². The highest BCUT2D eigenvalue weighted by Gasteiger charge is 2.00. The Kier molecular flexibility index (Phi) is 3.11. The van der Waals surface area contributed by atoms with Crippen molar-refractivity contribution in [2.75, 3.05) is 5.73 Å². The van der Waals surface area contributed by atoms with Gasteiger partial charge in [0.2, 0.25) is 0 Å². The van der Waals surface area contributed by atoms with Crippen LogP contribution in [0, 0.1) is 3.57 Å². The third-order valence-corrected chi connectivity index (χ3v) is 2.68. The van der Waals surface area contributed by atoms with Crippen molar-refractivity contribution in [2.45, 2.75) is 0 Å². The summed E-state index contributed by atoms with van der Waals surface area (Å²) in [7, 11) is 0. The van der Waals surface area contributed by atoms with Gasteiger partial charge in [-0.05, 0) is 59.0 Å². The van der Waals surface area contributed by atoms with Crippen molar-refractivity contribution in [1.82, 2.24) is 0 Å². The first kappa shape index (κ1) is 10.3. The predicted molar refractivity (Wildman–Crippen MR) is 70.1 cm³/mol. The minimum Gasteiger partial charge on any atom is -0.455 e. The molecule has 0 heterocycles. The first-order valence-electron chi connectivity index (χ1n) is 4.53. The predicted octanol–water partition coefficient (Wildman–Crippen LogP) is 3.67. The van der Waals surface area contributed by atoms with Gasteiger partial charge in [0, 0.05) is 3.57 Å². The summed E-state index contributed by atoms with van der Waals surface area (Å²) in [4.78, 5) is 0. The van der Waals surface area contributed by atoms with Crippen LogP contribution in [0.5, 0.6) is 11.5 Å². The lowest BCUT2D eigenvalue weighted by atomic mass is 10.3. The van der Waals surface area contributed by atoms with Gasteiger partial charge >= 0.3 is 0 Å². The van der Waals surface area contributed by atoms with Gasteiger partial charge in [-0.3, -0.25) is 0 Å². The maximum absolute atomic E-state index is 5.77. The minimum atomic E-state index is 0.649. The van der Waals surface area contributed by atoms with Crippen LogP contribution in [0.1, 0.15) is 0 Å². The lowest BCUT2D eigenvalue weighted by molar-refractivity contribution is 0.485. The van der Waals surface area contributed by atoms with Crippen molar-refractivity contribution in [3.63, 3.8) is 0 Å². The molecule has 0 radical (unpaired) electrons. The Balaban J connectivity index is 2.22. The largest absolute Gasteiger partial charge is 0.455 e. The molecule has 2 rings (SSSR count). The molecule has 0 fully saturated rings. The first-order valence-corrected chi connectivity index (χ1v) is 5.61. The molecule has 0 spiro atoms. The van der Waals surface area contributed by atoms with Crippen molar-refractivity contribution in [1.29, 1.82) is 0 Å². The summed E-state index contributed by atoms with van der Waals surface area (Å²) in [6, 6.07) is 15.3. The van der Waals surface area contributed by atoms with Gasteiger partial charge in [0.25, 0.3) is 0 Å². The van der Waals surface area contributed by atoms with E-state index in [9.17, 15) is 0 Å². The maximum atomic E-state index is 5.77. The Morgan fingerprint density at radius 2 is 1.60 bits per heavy atom. The number of benzene rings is 2. The molecular weight excluding hydrogens is 301 g/mol. The Labute approximate surface area is 102 Å². The summed E-state index contributed by atoms with van der Waals surface area (Å²) in [5, 5.41) is 0. The van der Waals surface area contributed by atoms with E-state index in [0.717, 1.165) is 5.75 Å². The molecule has 2 nitrogen and oxygen atoms in total. The van der Waals surface area contributed by atoms with E-state index in [1.807, 2.05) is 48.5 Å². The van der Waals surface area contributed by atoms with E-state index in [2.05, 4.69) is 22.6 Å². The van der Waals surface area contributed by atoms with Crippen molar-refractivity contribution in [2.24, 2.45) is 0 Å². The van der Waals surface area contributed by atoms with Crippen LogP contribution in [0.2, 0.25) is 0 Å². The second-order valence-corrected chi connectivity index (χ2v) is 4.34. The van der Waals surface area contributed by atoms with E-state index in [1.165, 1.54) is 3.57 Å². The highest BCUT2D eigenvalue weighted by molar-refractivity contribution is 14.1. The highest BCUT2D eigenvalue weighted by atomic mass is 127. The standard InChI is InChI=1S/C12H10INO/c13-9-5-7-10(8-6-9)15-12-4-2-1-3-11(12)14/h1-8H,14H2. The van der Waals surface area contributed by atoms with E-state index >= 15 is 0 Å². The summed E-state index contributed by atoms with van der Waals surface area (Å²) < 4.78 is 6.82. The third kappa shape index (κ3) is 2.62. The Morgan fingerprint density at radius 1 is 0.933 bits per heavy atom. The number of hydrogen-bond donors (Lipinski definition) is 1. The van der Waals surface area contributed by atoms with Crippen LogP contribution >= 0.6 is 22.6 Å². The van der Waals surface area contributed by atoms with Gasteiger partial charge in [-0.2, -0.15) is 0 Å². The second-order valence-electron chi connectivity index (χ2n) is 3.09. The fraction of sp³-hybridized carbons (Fsp3) is 0. The monoisotopic (exact) mass is 311 g/mol. The third-order valence-electron chi connectivity index (χ3n) is 1.96. The fourth-order valence-electron chi connectivity index (χ4n) is 1.20. The smallest absolute Gasteiger partial charge is 0.150 e. The summed E-state index contributed by atoms with van der Waals surface area (Å²) in [5.74, 6) is 1.49. The zero-order valence-electron chi connectivity index (χ0n) is 7.98. The molecule has 2 aromatic carbocycles. The molecule has 0 saturated carbocycles. The summed E-state index contributed by atoms with van der Waals surface area (Å²) in [5.41, 5.74) is 6.42. The maximum Gasteiger partial charge on any atom is 0.150 e. The molecule has 0 aromatic heterocycles. The molecular formula is C12H10INO. The molecule has 0 aliphatic carbocycles. The molecule has 0 amide bonds. The summed E-state index contributed by atoms with van der Waals surface area (Å²) >= 11 is 2.25. The number of rotatable bonds is 2. The number of para-hydroxylation sites is 2. The molecule has 2 N–H and O–H groups in total. The molecule has 76 valence electrons. The Bertz CT molecular complexity index is 453. The lowest BCUT2D eigenvalue weighted by Gasteiger charge is -2.07. The average Bonchev–Trinajstić information content (AvgIpc) is 2.25. The van der Waals surface area contributed by atoms with Crippen LogP contribution in [0.4, 0.5) is 5.69 Å². The Morgan fingerprint density at radius 3 is 2.27 bits per heavy atom. The normalized spacial score (nSPS) is 9.93. The van der Waals surface area contributed by atoms with Crippen LogP contribution in [-0.2, 0) is 0 Å².